The van der Waals surface area contributed by atoms with Crippen LogP contribution in [0.2, 0.25) is 0 Å². The van der Waals surface area contributed by atoms with Crippen molar-refractivity contribution in [1.29, 1.82) is 0 Å². The average Bonchev–Trinajstić information content (AvgIpc) is 2.62. The molecule has 3 rings (SSSR count). The summed E-state index contributed by atoms with van der Waals surface area (Å²) in [5.41, 5.74) is 7.94. The molecule has 0 amide bonds. The minimum atomic E-state index is -0.848. The van der Waals surface area contributed by atoms with Crippen molar-refractivity contribution in [2.24, 2.45) is 5.73 Å². The van der Waals surface area contributed by atoms with E-state index in [0.717, 1.165) is 18.1 Å². The summed E-state index contributed by atoms with van der Waals surface area (Å²) in [6.45, 7) is 1.28. The van der Waals surface area contributed by atoms with E-state index in [1.165, 1.54) is 6.07 Å². The maximum absolute atomic E-state index is 13.6. The van der Waals surface area contributed by atoms with Gasteiger partial charge in [-0.2, -0.15) is 0 Å². The van der Waals surface area contributed by atoms with Crippen LogP contribution in [-0.2, 0) is 0 Å². The Hall–Kier alpha value is -2.34. The first-order valence-corrected chi connectivity index (χ1v) is 8.19. The van der Waals surface area contributed by atoms with Crippen LogP contribution in [0.1, 0.15) is 17.9 Å². The number of hydrogen-bond donors (Lipinski definition) is 1. The van der Waals surface area contributed by atoms with E-state index >= 15 is 0 Å². The molecule has 2 unspecified atom stereocenters. The highest BCUT2D eigenvalue weighted by molar-refractivity contribution is 5.49. The minimum Gasteiger partial charge on any atom is -0.493 e. The third-order valence-electron chi connectivity index (χ3n) is 4.63. The average molecular weight is 348 g/mol. The normalized spacial score (nSPS) is 20.4. The molecule has 0 saturated carbocycles. The molecule has 2 aromatic carbocycles. The Labute approximate surface area is 146 Å². The number of nitrogens with zero attached hydrogens (tertiary/aromatic N) is 1. The van der Waals surface area contributed by atoms with E-state index in [1.807, 2.05) is 23.1 Å². The molecular weight excluding hydrogens is 326 g/mol. The molecule has 1 aliphatic heterocycles. The third-order valence-corrected chi connectivity index (χ3v) is 4.63. The highest BCUT2D eigenvalue weighted by Crippen LogP contribution is 2.35. The summed E-state index contributed by atoms with van der Waals surface area (Å²) in [7, 11) is 3.20. The van der Waals surface area contributed by atoms with Gasteiger partial charge in [-0.1, -0.05) is 6.07 Å². The molecule has 0 radical (unpaired) electrons. The van der Waals surface area contributed by atoms with E-state index in [0.29, 0.717) is 30.3 Å². The summed E-state index contributed by atoms with van der Waals surface area (Å²) in [5.74, 6) is -0.195. The monoisotopic (exact) mass is 348 g/mol. The molecule has 2 N–H and O–H groups in total. The molecule has 134 valence electrons. The van der Waals surface area contributed by atoms with Gasteiger partial charge < -0.3 is 20.1 Å². The Morgan fingerprint density at radius 1 is 0.960 bits per heavy atom. The van der Waals surface area contributed by atoms with Crippen molar-refractivity contribution < 1.29 is 18.3 Å². The molecule has 2 atom stereocenters. The molecule has 1 saturated heterocycles. The van der Waals surface area contributed by atoms with Crippen molar-refractivity contribution in [3.63, 3.8) is 0 Å². The maximum Gasteiger partial charge on any atom is 0.160 e. The number of rotatable bonds is 4. The first kappa shape index (κ1) is 17.5. The SMILES string of the molecule is COc1ccc(C2CC(N)CN(c3ccc(F)c(F)c3)C2)cc1OC. The van der Waals surface area contributed by atoms with Gasteiger partial charge in [-0.05, 0) is 36.2 Å². The van der Waals surface area contributed by atoms with Crippen LogP contribution in [0.15, 0.2) is 36.4 Å². The Kier molecular flexibility index (Phi) is 5.08. The van der Waals surface area contributed by atoms with Gasteiger partial charge in [0.25, 0.3) is 0 Å². The zero-order valence-electron chi connectivity index (χ0n) is 14.3. The highest BCUT2D eigenvalue weighted by Gasteiger charge is 2.27. The van der Waals surface area contributed by atoms with Crippen molar-refractivity contribution in [2.45, 2.75) is 18.4 Å². The zero-order valence-corrected chi connectivity index (χ0v) is 14.3. The zero-order chi connectivity index (χ0) is 18.0. The van der Waals surface area contributed by atoms with Crippen LogP contribution in [-0.4, -0.2) is 33.4 Å². The van der Waals surface area contributed by atoms with Gasteiger partial charge in [0.1, 0.15) is 0 Å². The molecular formula is C19H22F2N2O2. The Morgan fingerprint density at radius 2 is 1.72 bits per heavy atom. The number of ether oxygens (including phenoxy) is 2. The summed E-state index contributed by atoms with van der Waals surface area (Å²) in [6.07, 6.45) is 0.815. The Balaban J connectivity index is 1.86. The first-order chi connectivity index (χ1) is 12.0. The van der Waals surface area contributed by atoms with Crippen LogP contribution in [0, 0.1) is 11.6 Å². The number of nitrogens with two attached hydrogens (primary N) is 1. The molecule has 0 aliphatic carbocycles. The van der Waals surface area contributed by atoms with E-state index in [4.69, 9.17) is 15.2 Å². The van der Waals surface area contributed by atoms with Crippen LogP contribution < -0.4 is 20.1 Å². The van der Waals surface area contributed by atoms with Gasteiger partial charge in [0.15, 0.2) is 23.1 Å². The fourth-order valence-electron chi connectivity index (χ4n) is 3.38. The quantitative estimate of drug-likeness (QED) is 0.921. The van der Waals surface area contributed by atoms with E-state index in [1.54, 1.807) is 20.3 Å². The molecule has 2 aromatic rings. The maximum atomic E-state index is 13.6. The fraction of sp³-hybridized carbons (Fsp3) is 0.368. The summed E-state index contributed by atoms with van der Waals surface area (Å²) in [6, 6.07) is 9.71. The molecule has 1 aliphatic rings. The Morgan fingerprint density at radius 3 is 2.40 bits per heavy atom. The van der Waals surface area contributed by atoms with Crippen LogP contribution in [0.3, 0.4) is 0 Å². The van der Waals surface area contributed by atoms with Crippen LogP contribution in [0.4, 0.5) is 14.5 Å². The van der Waals surface area contributed by atoms with Crippen LogP contribution in [0.5, 0.6) is 11.5 Å². The number of benzene rings is 2. The summed E-state index contributed by atoms with van der Waals surface area (Å²) in [4.78, 5) is 2.00. The first-order valence-electron chi connectivity index (χ1n) is 8.19. The molecule has 25 heavy (non-hydrogen) atoms. The fourth-order valence-corrected chi connectivity index (χ4v) is 3.38. The molecule has 0 spiro atoms. The van der Waals surface area contributed by atoms with Gasteiger partial charge in [0.2, 0.25) is 0 Å². The Bertz CT molecular complexity index is 754. The summed E-state index contributed by atoms with van der Waals surface area (Å²) < 4.78 is 37.4. The van der Waals surface area contributed by atoms with Crippen molar-refractivity contribution in [3.8, 4) is 11.5 Å². The van der Waals surface area contributed by atoms with Gasteiger partial charge in [-0.15, -0.1) is 0 Å². The minimum absolute atomic E-state index is 0.0556. The van der Waals surface area contributed by atoms with E-state index in [2.05, 4.69) is 0 Å². The van der Waals surface area contributed by atoms with Gasteiger partial charge in [0.05, 0.1) is 14.2 Å². The predicted octanol–water partition coefficient (Wildman–Crippen LogP) is 3.30. The second-order valence-corrected chi connectivity index (χ2v) is 6.31. The largest absolute Gasteiger partial charge is 0.493 e. The molecule has 0 aromatic heterocycles. The second-order valence-electron chi connectivity index (χ2n) is 6.31. The highest BCUT2D eigenvalue weighted by atomic mass is 19.2. The van der Waals surface area contributed by atoms with E-state index in [9.17, 15) is 8.78 Å². The standard InChI is InChI=1S/C19H22F2N2O2/c1-24-18-6-3-12(8-19(18)25-2)13-7-14(22)11-23(10-13)15-4-5-16(20)17(21)9-15/h3-6,8-9,13-14H,7,10-11,22H2,1-2H3. The van der Waals surface area contributed by atoms with Gasteiger partial charge in [-0.3, -0.25) is 0 Å². The van der Waals surface area contributed by atoms with Crippen molar-refractivity contribution >= 4 is 5.69 Å². The topological polar surface area (TPSA) is 47.7 Å². The van der Waals surface area contributed by atoms with Gasteiger partial charge in [0, 0.05) is 36.8 Å². The lowest BCUT2D eigenvalue weighted by Gasteiger charge is -2.38. The number of piperidine rings is 1. The van der Waals surface area contributed by atoms with Crippen molar-refractivity contribution in [2.75, 3.05) is 32.2 Å². The molecule has 0 bridgehead atoms. The smallest absolute Gasteiger partial charge is 0.160 e. The lowest BCUT2D eigenvalue weighted by Crippen LogP contribution is -2.46. The van der Waals surface area contributed by atoms with Crippen molar-refractivity contribution in [3.05, 3.63) is 53.6 Å². The summed E-state index contributed by atoms with van der Waals surface area (Å²) >= 11 is 0. The number of anilines is 1. The van der Waals surface area contributed by atoms with Crippen LogP contribution in [0.25, 0.3) is 0 Å². The molecule has 1 heterocycles. The summed E-state index contributed by atoms with van der Waals surface area (Å²) in [5, 5.41) is 0. The van der Waals surface area contributed by atoms with Crippen LogP contribution >= 0.6 is 0 Å². The second kappa shape index (κ2) is 7.27. The predicted molar refractivity (Wildman–Crippen MR) is 93.5 cm³/mol. The molecule has 6 heteroatoms. The lowest BCUT2D eigenvalue weighted by atomic mass is 9.88. The molecule has 1 fully saturated rings. The lowest BCUT2D eigenvalue weighted by molar-refractivity contribution is 0.353. The van der Waals surface area contributed by atoms with E-state index in [-0.39, 0.29) is 12.0 Å². The number of methoxy groups -OCH3 is 2. The molecule has 4 nitrogen and oxygen atoms in total. The van der Waals surface area contributed by atoms with Crippen molar-refractivity contribution in [1.82, 2.24) is 0 Å². The number of halogens is 2. The van der Waals surface area contributed by atoms with Gasteiger partial charge >= 0.3 is 0 Å². The van der Waals surface area contributed by atoms with E-state index < -0.39 is 11.6 Å². The number of hydrogen-bond acceptors (Lipinski definition) is 4. The van der Waals surface area contributed by atoms with Gasteiger partial charge in [-0.25, -0.2) is 8.78 Å². The third kappa shape index (κ3) is 3.69.